The van der Waals surface area contributed by atoms with Crippen molar-refractivity contribution in [1.82, 2.24) is 53.2 Å². The second-order valence-corrected chi connectivity index (χ2v) is 21.5. The number of hydrogen-bond acceptors (Lipinski definition) is 16. The van der Waals surface area contributed by atoms with Gasteiger partial charge in [0.15, 0.2) is 5.96 Å². The van der Waals surface area contributed by atoms with Gasteiger partial charge in [-0.2, -0.15) is 0 Å². The van der Waals surface area contributed by atoms with Crippen LogP contribution in [0.4, 0.5) is 4.79 Å². The molecule has 0 saturated carbocycles. The van der Waals surface area contributed by atoms with Gasteiger partial charge in [0.1, 0.15) is 54.9 Å². The maximum absolute atomic E-state index is 15.0. The average molecular weight is 1150 g/mol. The summed E-state index contributed by atoms with van der Waals surface area (Å²) in [5, 5.41) is 67.6. The zero-order valence-electron chi connectivity index (χ0n) is 47.5. The number of aliphatic hydroxyl groups is 4. The highest BCUT2D eigenvalue weighted by Crippen LogP contribution is 2.23. The van der Waals surface area contributed by atoms with Gasteiger partial charge >= 0.3 is 6.09 Å². The third-order valence-electron chi connectivity index (χ3n) is 13.1. The second kappa shape index (κ2) is 33.1. The maximum Gasteiger partial charge on any atom is 0.408 e. The minimum absolute atomic E-state index is 0.0115. The van der Waals surface area contributed by atoms with Crippen LogP contribution < -0.4 is 64.6 Å². The van der Waals surface area contributed by atoms with E-state index in [1.807, 2.05) is 0 Å². The number of benzene rings is 2. The lowest BCUT2D eigenvalue weighted by Crippen LogP contribution is -2.64. The Kier molecular flexibility index (Phi) is 27.6. The van der Waals surface area contributed by atoms with Gasteiger partial charge < -0.3 is 89.8 Å². The zero-order chi connectivity index (χ0) is 61.4. The van der Waals surface area contributed by atoms with Crippen molar-refractivity contribution in [3.63, 3.8) is 0 Å². The van der Waals surface area contributed by atoms with Gasteiger partial charge in [-0.15, -0.1) is 0 Å². The first kappa shape index (κ1) is 68.3. The predicted molar refractivity (Wildman–Crippen MR) is 298 cm³/mol. The van der Waals surface area contributed by atoms with Crippen LogP contribution in [0.1, 0.15) is 98.2 Å². The Labute approximate surface area is 476 Å². The molecule has 0 bridgehead atoms. The number of hydrogen-bond donors (Lipinski definition) is 16. The van der Waals surface area contributed by atoms with Crippen molar-refractivity contribution in [1.29, 1.82) is 0 Å². The van der Waals surface area contributed by atoms with Crippen molar-refractivity contribution >= 4 is 65.2 Å². The van der Waals surface area contributed by atoms with E-state index in [2.05, 4.69) is 58.2 Å². The molecule has 454 valence electrons. The molecule has 1 fully saturated rings. The Morgan fingerprint density at radius 1 is 0.659 bits per heavy atom. The number of aliphatic hydroxyl groups excluding tert-OH is 4. The summed E-state index contributed by atoms with van der Waals surface area (Å²) < 4.78 is 5.47. The number of carbonyl (C=O) groups excluding carboxylic acids is 10. The number of carbonyl (C=O) groups is 10. The van der Waals surface area contributed by atoms with E-state index < -0.39 is 163 Å². The summed E-state index contributed by atoms with van der Waals surface area (Å²) in [5.74, 6) is -11.4. The van der Waals surface area contributed by atoms with E-state index in [0.717, 1.165) is 0 Å². The van der Waals surface area contributed by atoms with E-state index in [1.165, 1.54) is 45.0 Å². The Morgan fingerprint density at radius 3 is 1.73 bits per heavy atom. The molecule has 82 heavy (non-hydrogen) atoms. The smallest absolute Gasteiger partial charge is 0.408 e. The molecule has 0 spiro atoms. The van der Waals surface area contributed by atoms with Crippen molar-refractivity contribution in [3.05, 3.63) is 71.8 Å². The Morgan fingerprint density at radius 2 is 1.17 bits per heavy atom. The number of aliphatic imine (C=N–C) groups is 1. The summed E-state index contributed by atoms with van der Waals surface area (Å²) in [7, 11) is 0. The summed E-state index contributed by atoms with van der Waals surface area (Å²) in [6.45, 7) is 9.37. The van der Waals surface area contributed by atoms with E-state index in [9.17, 15) is 63.6 Å². The van der Waals surface area contributed by atoms with Crippen molar-refractivity contribution in [2.75, 3.05) is 26.3 Å². The molecule has 2 aromatic carbocycles. The van der Waals surface area contributed by atoms with Gasteiger partial charge in [0.05, 0.1) is 38.0 Å². The molecule has 1 saturated heterocycles. The molecule has 10 amide bonds. The fraction of sp³-hybridized carbons (Fsp3) is 0.574. The monoisotopic (exact) mass is 1150 g/mol. The lowest BCUT2D eigenvalue weighted by atomic mass is 9.87. The Balaban J connectivity index is 2.30. The van der Waals surface area contributed by atoms with Crippen LogP contribution >= 0.6 is 0 Å². The van der Waals surface area contributed by atoms with E-state index in [4.69, 9.17) is 16.2 Å². The third kappa shape index (κ3) is 22.2. The number of guanidine groups is 1. The first-order chi connectivity index (χ1) is 38.6. The van der Waals surface area contributed by atoms with Crippen LogP contribution in [-0.2, 0) is 54.5 Å². The predicted octanol–water partition coefficient (Wildman–Crippen LogP) is -3.42. The SMILES string of the molecule is CC[C@H](C)[C@@H]1NC(=O)[C@@H](CCCN=C(N)N)NC(=O)[C@H](CC(C)(C)C)NC(=O)[C@H]([C@H](O)C(C)C)NC(=O)[C@@H](NC(=O)OCc2ccccc2)[C@@H](c2ccccc2)NC(=O)C(CO)NC(=O)[C@H](CO)NC(=O)CNC(=O)[C@H]([C@H](C)O)NC1=O. The molecule has 12 atom stereocenters. The highest BCUT2D eigenvalue weighted by atomic mass is 16.5. The van der Waals surface area contributed by atoms with Crippen LogP contribution in [0.5, 0.6) is 0 Å². The molecular formula is C54H83N13O15. The molecule has 0 aromatic heterocycles. The zero-order valence-corrected chi connectivity index (χ0v) is 47.5. The second-order valence-electron chi connectivity index (χ2n) is 21.5. The van der Waals surface area contributed by atoms with E-state index >= 15 is 4.79 Å². The van der Waals surface area contributed by atoms with Crippen LogP contribution in [0.25, 0.3) is 0 Å². The standard InChI is InChI=1S/C54H83N13O15/c1-9-29(4)38-49(78)64-39(30(5)70)48(77)58-24-37(71)59-35(25-68)46(75)62-36(26-69)47(76)65-40(32-19-14-11-15-20-32)41(67-53(81)82-27-31-17-12-10-13-18-31)50(79)66-42(43(72)28(2)3)51(80)61-34(23-54(6,7)8)45(74)60-33(44(73)63-38)21-16-22-57-52(55)56/h10-15,17-20,28-30,33-36,38-43,68-70,72H,9,16,21-27H2,1-8H3,(H,58,77)(H,59,71)(H,60,74)(H,61,80)(H,62,75)(H,63,73)(H,64,78)(H,65,76)(H,66,79)(H,67,81)(H4,55,56,57)/t29-,30-,33+,34-,35-,36?,38-,39-,40+,41-,42-,43+/m0/s1. The number of alkyl carbamates (subject to hydrolysis) is 1. The topological polar surface area (TPSA) is 446 Å². The first-order valence-electron chi connectivity index (χ1n) is 27.0. The number of nitrogens with one attached hydrogen (secondary N) is 10. The molecule has 28 nitrogen and oxygen atoms in total. The molecule has 1 aliphatic rings. The van der Waals surface area contributed by atoms with Crippen molar-refractivity contribution in [3.8, 4) is 0 Å². The van der Waals surface area contributed by atoms with Gasteiger partial charge in [-0.25, -0.2) is 4.79 Å². The van der Waals surface area contributed by atoms with E-state index in [0.29, 0.717) is 5.56 Å². The molecule has 28 heteroatoms. The molecule has 3 rings (SSSR count). The molecule has 0 radical (unpaired) electrons. The molecule has 18 N–H and O–H groups in total. The van der Waals surface area contributed by atoms with Crippen LogP contribution in [0, 0.1) is 17.3 Å². The largest absolute Gasteiger partial charge is 0.445 e. The van der Waals surface area contributed by atoms with E-state index in [1.54, 1.807) is 71.0 Å². The van der Waals surface area contributed by atoms with Crippen LogP contribution in [0.2, 0.25) is 0 Å². The number of nitrogens with zero attached hydrogens (tertiary/aromatic N) is 1. The van der Waals surface area contributed by atoms with Crippen molar-refractivity contribution in [2.45, 2.75) is 154 Å². The molecule has 2 aromatic rings. The summed E-state index contributed by atoms with van der Waals surface area (Å²) in [5.41, 5.74) is 11.0. The van der Waals surface area contributed by atoms with Crippen LogP contribution in [0.3, 0.4) is 0 Å². The van der Waals surface area contributed by atoms with Crippen LogP contribution in [-0.4, -0.2) is 172 Å². The number of nitrogens with two attached hydrogens (primary N) is 2. The molecule has 0 aliphatic carbocycles. The lowest BCUT2D eigenvalue weighted by molar-refractivity contribution is -0.138. The molecular weight excluding hydrogens is 1070 g/mol. The van der Waals surface area contributed by atoms with Crippen molar-refractivity contribution < 1.29 is 73.1 Å². The maximum atomic E-state index is 15.0. The first-order valence-corrected chi connectivity index (χ1v) is 27.0. The number of ether oxygens (including phenoxy) is 1. The highest BCUT2D eigenvalue weighted by molar-refractivity contribution is 5.99. The summed E-state index contributed by atoms with van der Waals surface area (Å²) in [4.78, 5) is 145. The van der Waals surface area contributed by atoms with Gasteiger partial charge in [-0.05, 0) is 54.6 Å². The van der Waals surface area contributed by atoms with Gasteiger partial charge in [-0.1, -0.05) is 116 Å². The molecule has 1 aliphatic heterocycles. The van der Waals surface area contributed by atoms with Crippen LogP contribution in [0.15, 0.2) is 65.7 Å². The molecule has 1 unspecified atom stereocenters. The highest BCUT2D eigenvalue weighted by Gasteiger charge is 2.42. The normalized spacial score (nSPS) is 24.8. The average Bonchev–Trinajstić information content (AvgIpc) is 3.63. The minimum atomic E-state index is -1.97. The summed E-state index contributed by atoms with van der Waals surface area (Å²) in [6, 6.07) is 0.540. The number of rotatable bonds is 16. The van der Waals surface area contributed by atoms with E-state index in [-0.39, 0.29) is 50.4 Å². The van der Waals surface area contributed by atoms with Crippen molar-refractivity contribution in [2.24, 2.45) is 33.7 Å². The summed E-state index contributed by atoms with van der Waals surface area (Å²) in [6.07, 6.45) is -4.44. The van der Waals surface area contributed by atoms with Gasteiger partial charge in [0.25, 0.3) is 0 Å². The van der Waals surface area contributed by atoms with Gasteiger partial charge in [-0.3, -0.25) is 48.1 Å². The number of amides is 10. The minimum Gasteiger partial charge on any atom is -0.445 e. The Bertz CT molecular complexity index is 2510. The summed E-state index contributed by atoms with van der Waals surface area (Å²) >= 11 is 0. The molecule has 1 heterocycles. The fourth-order valence-corrected chi connectivity index (χ4v) is 8.31. The lowest BCUT2D eigenvalue weighted by Gasteiger charge is -2.34. The fourth-order valence-electron chi connectivity index (χ4n) is 8.31. The van der Waals surface area contributed by atoms with Gasteiger partial charge in [0.2, 0.25) is 53.2 Å². The quantitative estimate of drug-likeness (QED) is 0.0442. The van der Waals surface area contributed by atoms with Gasteiger partial charge in [0, 0.05) is 6.54 Å². The Hall–Kier alpha value is -7.95. The third-order valence-corrected chi connectivity index (χ3v) is 13.1.